The third-order valence-electron chi connectivity index (χ3n) is 3.53. The molecule has 0 radical (unpaired) electrons. The van der Waals surface area contributed by atoms with Gasteiger partial charge in [-0.2, -0.15) is 0 Å². The number of carbonyl (C=O) groups excluding carboxylic acids is 1. The summed E-state index contributed by atoms with van der Waals surface area (Å²) in [6, 6.07) is 9.61. The van der Waals surface area contributed by atoms with E-state index in [9.17, 15) is 9.59 Å². The van der Waals surface area contributed by atoms with E-state index in [-0.39, 0.29) is 0 Å². The van der Waals surface area contributed by atoms with Gasteiger partial charge in [-0.3, -0.25) is 4.90 Å². The summed E-state index contributed by atoms with van der Waals surface area (Å²) < 4.78 is 5.12. The first kappa shape index (κ1) is 18.2. The molecule has 5 heteroatoms. The van der Waals surface area contributed by atoms with Gasteiger partial charge in [-0.05, 0) is 19.0 Å². The molecule has 1 atom stereocenters. The van der Waals surface area contributed by atoms with Gasteiger partial charge in [-0.1, -0.05) is 56.5 Å². The molecule has 1 unspecified atom stereocenters. The van der Waals surface area contributed by atoms with Crippen LogP contribution >= 0.6 is 0 Å². The molecule has 1 aromatic carbocycles. The van der Waals surface area contributed by atoms with Crippen LogP contribution in [0.2, 0.25) is 0 Å². The largest absolute Gasteiger partial charge is 0.473 e. The summed E-state index contributed by atoms with van der Waals surface area (Å²) >= 11 is 0. The van der Waals surface area contributed by atoms with E-state index in [1.54, 1.807) is 0 Å². The molecular weight excluding hydrogens is 282 g/mol. The second-order valence-corrected chi connectivity index (χ2v) is 5.40. The minimum absolute atomic E-state index is 0.476. The fraction of sp³-hybridized carbons (Fsp3) is 0.529. The molecule has 1 N–H and O–H groups in total. The summed E-state index contributed by atoms with van der Waals surface area (Å²) in [7, 11) is 1.86. The molecule has 1 aromatic rings. The van der Waals surface area contributed by atoms with Gasteiger partial charge in [0.1, 0.15) is 0 Å². The molecule has 0 heterocycles. The van der Waals surface area contributed by atoms with Crippen LogP contribution in [0.5, 0.6) is 0 Å². The number of likely N-dealkylation sites (N-methyl/N-ethyl adjacent to an activating group) is 1. The van der Waals surface area contributed by atoms with Gasteiger partial charge >= 0.3 is 11.9 Å². The van der Waals surface area contributed by atoms with E-state index >= 15 is 0 Å². The number of hydrogen-bond acceptors (Lipinski definition) is 4. The molecule has 0 fully saturated rings. The lowest BCUT2D eigenvalue weighted by molar-refractivity contribution is -0.173. The number of benzene rings is 1. The van der Waals surface area contributed by atoms with Crippen LogP contribution in [-0.4, -0.2) is 41.8 Å². The second kappa shape index (κ2) is 9.95. The summed E-state index contributed by atoms with van der Waals surface area (Å²) in [4.78, 5) is 24.0. The maximum atomic E-state index is 11.4. The molecule has 0 aliphatic heterocycles. The molecule has 0 aliphatic rings. The molecule has 0 saturated carbocycles. The van der Waals surface area contributed by atoms with E-state index < -0.39 is 18.2 Å². The van der Waals surface area contributed by atoms with Crippen molar-refractivity contribution < 1.29 is 19.4 Å². The van der Waals surface area contributed by atoms with Crippen molar-refractivity contribution in [1.82, 2.24) is 4.90 Å². The smallest absolute Gasteiger partial charge is 0.418 e. The van der Waals surface area contributed by atoms with Crippen molar-refractivity contribution in [3.05, 3.63) is 35.9 Å². The lowest BCUT2D eigenvalue weighted by atomic mass is 10.1. The summed E-state index contributed by atoms with van der Waals surface area (Å²) in [5, 5.41) is 8.73. The summed E-state index contributed by atoms with van der Waals surface area (Å²) in [6.07, 6.45) is 4.36. The summed E-state index contributed by atoms with van der Waals surface area (Å²) in [5.41, 5.74) is 1.01. The molecule has 0 saturated heterocycles. The van der Waals surface area contributed by atoms with Gasteiger partial charge in [0.15, 0.2) is 6.23 Å². The van der Waals surface area contributed by atoms with Gasteiger partial charge in [-0.25, -0.2) is 9.59 Å². The number of unbranched alkanes of at least 4 members (excludes halogenated alkanes) is 3. The molecule has 0 aliphatic carbocycles. The Hall–Kier alpha value is -1.88. The van der Waals surface area contributed by atoms with Crippen LogP contribution in [0.1, 0.15) is 38.2 Å². The zero-order chi connectivity index (χ0) is 16.4. The van der Waals surface area contributed by atoms with E-state index in [1.165, 1.54) is 6.42 Å². The topological polar surface area (TPSA) is 66.8 Å². The Morgan fingerprint density at radius 1 is 1.18 bits per heavy atom. The SMILES string of the molecule is CCCCCCN(C)C(Cc1ccccc1)OC(=O)C(=O)O. The Labute approximate surface area is 131 Å². The van der Waals surface area contributed by atoms with Crippen molar-refractivity contribution in [3.8, 4) is 0 Å². The second-order valence-electron chi connectivity index (χ2n) is 5.40. The minimum atomic E-state index is -1.56. The van der Waals surface area contributed by atoms with E-state index in [0.29, 0.717) is 6.42 Å². The van der Waals surface area contributed by atoms with Crippen LogP contribution in [-0.2, 0) is 20.7 Å². The van der Waals surface area contributed by atoms with E-state index in [2.05, 4.69) is 6.92 Å². The summed E-state index contributed by atoms with van der Waals surface area (Å²) in [6.45, 7) is 2.92. The van der Waals surface area contributed by atoms with Gasteiger partial charge in [0.05, 0.1) is 0 Å². The van der Waals surface area contributed by atoms with Gasteiger partial charge in [0.2, 0.25) is 0 Å². The van der Waals surface area contributed by atoms with Crippen LogP contribution in [0.25, 0.3) is 0 Å². The highest BCUT2D eigenvalue weighted by molar-refractivity contribution is 6.28. The van der Waals surface area contributed by atoms with Crippen LogP contribution in [0.4, 0.5) is 0 Å². The van der Waals surface area contributed by atoms with Crippen molar-refractivity contribution in [2.45, 2.75) is 45.3 Å². The van der Waals surface area contributed by atoms with Crippen LogP contribution in [0.15, 0.2) is 30.3 Å². The molecule has 5 nitrogen and oxygen atoms in total. The number of hydrogen-bond donors (Lipinski definition) is 1. The minimum Gasteiger partial charge on any atom is -0.473 e. The highest BCUT2D eigenvalue weighted by atomic mass is 16.6. The van der Waals surface area contributed by atoms with Crippen LogP contribution < -0.4 is 0 Å². The predicted molar refractivity (Wildman–Crippen MR) is 84.4 cm³/mol. The normalized spacial score (nSPS) is 12.1. The third-order valence-corrected chi connectivity index (χ3v) is 3.53. The number of esters is 1. The van der Waals surface area contributed by atoms with Gasteiger partial charge < -0.3 is 9.84 Å². The average molecular weight is 307 g/mol. The molecule has 0 spiro atoms. The van der Waals surface area contributed by atoms with Crippen molar-refractivity contribution in [2.24, 2.45) is 0 Å². The number of carboxylic acid groups (broad SMARTS) is 1. The van der Waals surface area contributed by atoms with E-state index in [1.807, 2.05) is 42.3 Å². The molecule has 0 bridgehead atoms. The Bertz CT molecular complexity index is 461. The molecule has 122 valence electrons. The Morgan fingerprint density at radius 2 is 1.86 bits per heavy atom. The quantitative estimate of drug-likeness (QED) is 0.329. The first-order chi connectivity index (χ1) is 10.5. The van der Waals surface area contributed by atoms with Crippen LogP contribution in [0, 0.1) is 0 Å². The fourth-order valence-electron chi connectivity index (χ4n) is 2.21. The zero-order valence-electron chi connectivity index (χ0n) is 13.3. The fourth-order valence-corrected chi connectivity index (χ4v) is 2.21. The lowest BCUT2D eigenvalue weighted by Crippen LogP contribution is -2.39. The summed E-state index contributed by atoms with van der Waals surface area (Å²) in [5.74, 6) is -2.77. The monoisotopic (exact) mass is 307 g/mol. The number of carbonyl (C=O) groups is 2. The average Bonchev–Trinajstić information content (AvgIpc) is 2.51. The van der Waals surface area contributed by atoms with Crippen molar-refractivity contribution in [3.63, 3.8) is 0 Å². The number of nitrogens with zero attached hydrogens (tertiary/aromatic N) is 1. The van der Waals surface area contributed by atoms with Gasteiger partial charge in [-0.15, -0.1) is 0 Å². The van der Waals surface area contributed by atoms with Crippen molar-refractivity contribution >= 4 is 11.9 Å². The number of carboxylic acids is 1. The molecule has 22 heavy (non-hydrogen) atoms. The highest BCUT2D eigenvalue weighted by Crippen LogP contribution is 2.11. The number of ether oxygens (including phenoxy) is 1. The first-order valence-electron chi connectivity index (χ1n) is 7.72. The zero-order valence-corrected chi connectivity index (χ0v) is 13.3. The third kappa shape index (κ3) is 6.72. The van der Waals surface area contributed by atoms with Gasteiger partial charge in [0.25, 0.3) is 0 Å². The number of rotatable bonds is 9. The van der Waals surface area contributed by atoms with E-state index in [4.69, 9.17) is 9.84 Å². The van der Waals surface area contributed by atoms with Crippen LogP contribution in [0.3, 0.4) is 0 Å². The lowest BCUT2D eigenvalue weighted by Gasteiger charge is -2.27. The first-order valence-corrected chi connectivity index (χ1v) is 7.72. The van der Waals surface area contributed by atoms with Crippen molar-refractivity contribution in [2.75, 3.05) is 13.6 Å². The van der Waals surface area contributed by atoms with Crippen molar-refractivity contribution in [1.29, 1.82) is 0 Å². The maximum absolute atomic E-state index is 11.4. The highest BCUT2D eigenvalue weighted by Gasteiger charge is 2.23. The Morgan fingerprint density at radius 3 is 2.45 bits per heavy atom. The molecule has 0 amide bonds. The van der Waals surface area contributed by atoms with Gasteiger partial charge in [0, 0.05) is 13.0 Å². The Kier molecular flexibility index (Phi) is 8.22. The molecular formula is C17H25NO4. The standard InChI is InChI=1S/C17H25NO4/c1-3-4-5-9-12-18(2)15(22-17(21)16(19)20)13-14-10-7-6-8-11-14/h6-8,10-11,15H,3-5,9,12-13H2,1-2H3,(H,19,20). The molecule has 1 rings (SSSR count). The molecule has 0 aromatic heterocycles. The van der Waals surface area contributed by atoms with E-state index in [0.717, 1.165) is 31.4 Å². The number of aliphatic carboxylic acids is 1. The predicted octanol–water partition coefficient (Wildman–Crippen LogP) is 2.70. The Balaban J connectivity index is 2.64. The maximum Gasteiger partial charge on any atom is 0.418 e.